The number of hydrogen-bond acceptors (Lipinski definition) is 2. The van der Waals surface area contributed by atoms with Gasteiger partial charge in [-0.2, -0.15) is 5.26 Å². The number of nitrogens with zero attached hydrogens (tertiary/aromatic N) is 2. The smallest absolute Gasteiger partial charge is 0.227 e. The van der Waals surface area contributed by atoms with E-state index in [9.17, 15) is 10.1 Å². The van der Waals surface area contributed by atoms with Crippen molar-refractivity contribution in [2.45, 2.75) is 19.3 Å². The summed E-state index contributed by atoms with van der Waals surface area (Å²) in [5, 5.41) is 10.2. The second-order valence-corrected chi connectivity index (χ2v) is 4.20. The van der Waals surface area contributed by atoms with Gasteiger partial charge in [-0.1, -0.05) is 24.3 Å². The molecule has 3 nitrogen and oxygen atoms in total. The highest BCUT2D eigenvalue weighted by Gasteiger charge is 2.17. The molecule has 0 aliphatic heterocycles. The van der Waals surface area contributed by atoms with Crippen LogP contribution in [0.15, 0.2) is 43.1 Å². The van der Waals surface area contributed by atoms with Crippen molar-refractivity contribution in [2.75, 3.05) is 0 Å². The van der Waals surface area contributed by atoms with Crippen LogP contribution in [0.25, 0.3) is 10.9 Å². The lowest BCUT2D eigenvalue weighted by Crippen LogP contribution is -2.03. The number of rotatable bonds is 3. The van der Waals surface area contributed by atoms with E-state index in [1.54, 1.807) is 16.8 Å². The third-order valence-corrected chi connectivity index (χ3v) is 3.02. The number of allylic oxidation sites excluding steroid dienone is 1. The quantitative estimate of drug-likeness (QED) is 0.768. The molecule has 3 heteroatoms. The van der Waals surface area contributed by atoms with Crippen LogP contribution in [-0.4, -0.2) is 10.5 Å². The number of para-hydroxylation sites is 1. The van der Waals surface area contributed by atoms with Gasteiger partial charge in [0.05, 0.1) is 17.5 Å². The minimum atomic E-state index is -0.256. The van der Waals surface area contributed by atoms with Crippen molar-refractivity contribution in [2.24, 2.45) is 0 Å². The monoisotopic (exact) mass is 238 g/mol. The summed E-state index contributed by atoms with van der Waals surface area (Å²) in [6.45, 7) is 5.19. The molecule has 1 atom stereocenters. The van der Waals surface area contributed by atoms with E-state index in [4.69, 9.17) is 0 Å². The predicted octanol–water partition coefficient (Wildman–Crippen LogP) is 3.48. The van der Waals surface area contributed by atoms with E-state index < -0.39 is 0 Å². The van der Waals surface area contributed by atoms with E-state index in [0.717, 1.165) is 16.5 Å². The molecule has 0 saturated heterocycles. The van der Waals surface area contributed by atoms with Crippen LogP contribution in [0.3, 0.4) is 0 Å². The molecule has 2 aromatic rings. The number of carbonyl (C=O) groups is 1. The van der Waals surface area contributed by atoms with Crippen LogP contribution in [0.5, 0.6) is 0 Å². The third kappa shape index (κ3) is 1.93. The van der Waals surface area contributed by atoms with E-state index >= 15 is 0 Å². The number of hydrogen-bond donors (Lipinski definition) is 0. The van der Waals surface area contributed by atoms with Gasteiger partial charge in [0.15, 0.2) is 0 Å². The minimum Gasteiger partial charge on any atom is -0.287 e. The molecule has 1 aromatic carbocycles. The van der Waals surface area contributed by atoms with Gasteiger partial charge in [0.2, 0.25) is 5.91 Å². The normalized spacial score (nSPS) is 12.0. The molecule has 0 bridgehead atoms. The van der Waals surface area contributed by atoms with Crippen molar-refractivity contribution in [1.29, 1.82) is 5.26 Å². The molecular weight excluding hydrogens is 224 g/mol. The lowest BCUT2D eigenvalue weighted by molar-refractivity contribution is 0.0941. The standard InChI is InChI=1S/C15H14N2O/c1-3-6-12(9-16)14-10-17(11(2)18)15-8-5-4-7-13(14)15/h3-5,7-8,10,12H,1,6H2,2H3. The van der Waals surface area contributed by atoms with E-state index in [-0.39, 0.29) is 11.8 Å². The number of carbonyl (C=O) groups excluding carboxylic acids is 1. The summed E-state index contributed by atoms with van der Waals surface area (Å²) in [6.07, 6.45) is 4.08. The molecule has 0 aliphatic rings. The first-order chi connectivity index (χ1) is 8.69. The summed E-state index contributed by atoms with van der Waals surface area (Å²) in [5.74, 6) is -0.305. The molecule has 0 aliphatic carbocycles. The SMILES string of the molecule is C=CCC(C#N)c1cn(C(C)=O)c2ccccc12. The zero-order chi connectivity index (χ0) is 13.1. The summed E-state index contributed by atoms with van der Waals surface area (Å²) >= 11 is 0. The molecule has 1 aromatic heterocycles. The van der Waals surface area contributed by atoms with E-state index in [1.807, 2.05) is 24.3 Å². The molecule has 90 valence electrons. The molecule has 0 amide bonds. The zero-order valence-electron chi connectivity index (χ0n) is 10.3. The largest absolute Gasteiger partial charge is 0.287 e. The second-order valence-electron chi connectivity index (χ2n) is 4.20. The van der Waals surface area contributed by atoms with Crippen molar-refractivity contribution in [3.63, 3.8) is 0 Å². The fourth-order valence-electron chi connectivity index (χ4n) is 2.16. The van der Waals surface area contributed by atoms with Crippen LogP contribution in [0, 0.1) is 11.3 Å². The highest BCUT2D eigenvalue weighted by Crippen LogP contribution is 2.29. The second kappa shape index (κ2) is 4.89. The van der Waals surface area contributed by atoms with Gasteiger partial charge >= 0.3 is 0 Å². The van der Waals surface area contributed by atoms with Gasteiger partial charge < -0.3 is 0 Å². The highest BCUT2D eigenvalue weighted by atomic mass is 16.1. The van der Waals surface area contributed by atoms with Crippen LogP contribution in [-0.2, 0) is 0 Å². The number of benzene rings is 1. The van der Waals surface area contributed by atoms with Crippen LogP contribution in [0.1, 0.15) is 29.6 Å². The van der Waals surface area contributed by atoms with Crippen molar-refractivity contribution in [3.8, 4) is 6.07 Å². The molecule has 2 rings (SSSR count). The molecule has 0 spiro atoms. The Hall–Kier alpha value is -2.34. The van der Waals surface area contributed by atoms with Gasteiger partial charge in [0.25, 0.3) is 0 Å². The lowest BCUT2D eigenvalue weighted by Gasteiger charge is -2.03. The molecule has 0 radical (unpaired) electrons. The van der Waals surface area contributed by atoms with Crippen LogP contribution in [0.2, 0.25) is 0 Å². The first kappa shape index (κ1) is 12.1. The molecule has 18 heavy (non-hydrogen) atoms. The Labute approximate surface area is 106 Å². The number of fused-ring (bicyclic) bond motifs is 1. The van der Waals surface area contributed by atoms with Crippen molar-refractivity contribution in [1.82, 2.24) is 4.57 Å². The number of nitriles is 1. The van der Waals surface area contributed by atoms with Crippen LogP contribution >= 0.6 is 0 Å². The molecular formula is C15H14N2O. The zero-order valence-corrected chi connectivity index (χ0v) is 10.3. The Morgan fingerprint density at radius 3 is 2.89 bits per heavy atom. The summed E-state index contributed by atoms with van der Waals surface area (Å²) in [7, 11) is 0. The first-order valence-corrected chi connectivity index (χ1v) is 5.80. The van der Waals surface area contributed by atoms with Gasteiger partial charge in [-0.25, -0.2) is 0 Å². The molecule has 0 fully saturated rings. The Morgan fingerprint density at radius 2 is 2.28 bits per heavy atom. The van der Waals surface area contributed by atoms with Gasteiger partial charge in [-0.15, -0.1) is 6.58 Å². The number of aromatic nitrogens is 1. The molecule has 1 unspecified atom stereocenters. The average molecular weight is 238 g/mol. The Balaban J connectivity index is 2.68. The summed E-state index contributed by atoms with van der Waals surface area (Å²) in [6, 6.07) is 9.91. The topological polar surface area (TPSA) is 45.8 Å². The Bertz CT molecular complexity index is 646. The van der Waals surface area contributed by atoms with Gasteiger partial charge in [0, 0.05) is 18.5 Å². The van der Waals surface area contributed by atoms with Gasteiger partial charge in [0.1, 0.15) is 0 Å². The molecule has 0 N–H and O–H groups in total. The van der Waals surface area contributed by atoms with Gasteiger partial charge in [-0.05, 0) is 18.1 Å². The lowest BCUT2D eigenvalue weighted by atomic mass is 9.97. The summed E-state index contributed by atoms with van der Waals surface area (Å²) in [4.78, 5) is 11.6. The van der Waals surface area contributed by atoms with Crippen molar-refractivity contribution in [3.05, 3.63) is 48.7 Å². The van der Waals surface area contributed by atoms with Gasteiger partial charge in [-0.3, -0.25) is 9.36 Å². The van der Waals surface area contributed by atoms with Crippen molar-refractivity contribution >= 4 is 16.8 Å². The van der Waals surface area contributed by atoms with E-state index in [2.05, 4.69) is 12.6 Å². The maximum Gasteiger partial charge on any atom is 0.227 e. The maximum absolute atomic E-state index is 11.6. The van der Waals surface area contributed by atoms with E-state index in [1.165, 1.54) is 6.92 Å². The summed E-state index contributed by atoms with van der Waals surface area (Å²) in [5.41, 5.74) is 1.74. The highest BCUT2D eigenvalue weighted by molar-refractivity contribution is 5.94. The van der Waals surface area contributed by atoms with E-state index in [0.29, 0.717) is 6.42 Å². The minimum absolute atomic E-state index is 0.0484. The van der Waals surface area contributed by atoms with Crippen LogP contribution < -0.4 is 0 Å². The Morgan fingerprint density at radius 1 is 1.56 bits per heavy atom. The fourth-order valence-corrected chi connectivity index (χ4v) is 2.16. The third-order valence-electron chi connectivity index (χ3n) is 3.02. The molecule has 0 saturated carbocycles. The average Bonchev–Trinajstić information content (AvgIpc) is 2.75. The molecule has 1 heterocycles. The van der Waals surface area contributed by atoms with Crippen LogP contribution in [0.4, 0.5) is 0 Å². The fraction of sp³-hybridized carbons (Fsp3) is 0.200. The Kier molecular flexibility index (Phi) is 3.29. The predicted molar refractivity (Wildman–Crippen MR) is 71.4 cm³/mol. The maximum atomic E-state index is 11.6. The summed E-state index contributed by atoms with van der Waals surface area (Å²) < 4.78 is 1.60. The first-order valence-electron chi connectivity index (χ1n) is 5.80. The van der Waals surface area contributed by atoms with Crippen molar-refractivity contribution < 1.29 is 4.79 Å².